The lowest BCUT2D eigenvalue weighted by Gasteiger charge is -2.46. The Morgan fingerprint density at radius 1 is 0.688 bits per heavy atom. The van der Waals surface area contributed by atoms with Gasteiger partial charge in [0.05, 0.1) is 31.0 Å². The van der Waals surface area contributed by atoms with E-state index in [4.69, 9.17) is 28.4 Å². The zero-order valence-corrected chi connectivity index (χ0v) is 36.8. The molecule has 4 aliphatic rings. The highest BCUT2D eigenvalue weighted by Crippen LogP contribution is 2.55. The van der Waals surface area contributed by atoms with Crippen molar-refractivity contribution in [3.8, 4) is 51.4 Å². The molecule has 2 heterocycles. The van der Waals surface area contributed by atoms with Gasteiger partial charge >= 0.3 is 0 Å². The minimum absolute atomic E-state index is 0.0352. The van der Waals surface area contributed by atoms with Gasteiger partial charge in [-0.15, -0.1) is 0 Å². The Bertz CT molecular complexity index is 2390. The predicted molar refractivity (Wildman–Crippen MR) is 244 cm³/mol. The van der Waals surface area contributed by atoms with Gasteiger partial charge in [0.1, 0.15) is 46.4 Å². The van der Waals surface area contributed by atoms with Crippen molar-refractivity contribution in [2.75, 3.05) is 33.5 Å². The molecule has 2 aliphatic carbocycles. The Kier molecular flexibility index (Phi) is 13.7. The van der Waals surface area contributed by atoms with Gasteiger partial charge in [0.25, 0.3) is 0 Å². The van der Waals surface area contributed by atoms with Crippen LogP contribution in [0.5, 0.6) is 40.2 Å². The third-order valence-electron chi connectivity index (χ3n) is 13.7. The number of aromatic hydroxyl groups is 3. The number of benzene rings is 5. The zero-order valence-electron chi connectivity index (χ0n) is 36.8. The number of rotatable bonds is 16. The van der Waals surface area contributed by atoms with Crippen molar-refractivity contribution in [2.24, 2.45) is 11.8 Å². The van der Waals surface area contributed by atoms with Crippen LogP contribution in [0.25, 0.3) is 21.9 Å². The monoisotopic (exact) mass is 874 g/mol. The number of hydrogen-bond donors (Lipinski definition) is 5. The maximum atomic E-state index is 12.9. The molecule has 2 fully saturated rings. The second kappa shape index (κ2) is 19.9. The summed E-state index contributed by atoms with van der Waals surface area (Å²) >= 11 is 0. The fraction of sp³-hybridized carbons (Fsp3) is 0.472. The minimum atomic E-state index is -1.01. The lowest BCUT2D eigenvalue weighted by Crippen LogP contribution is -2.46. The van der Waals surface area contributed by atoms with Gasteiger partial charge in [-0.05, 0) is 148 Å². The van der Waals surface area contributed by atoms with Gasteiger partial charge in [0.2, 0.25) is 0 Å². The highest BCUT2D eigenvalue weighted by Gasteiger charge is 2.49. The molecule has 5 aromatic carbocycles. The van der Waals surface area contributed by atoms with E-state index in [1.807, 2.05) is 36.4 Å². The number of phenols is 3. The first-order valence-corrected chi connectivity index (χ1v) is 23.4. The van der Waals surface area contributed by atoms with E-state index in [0.717, 1.165) is 90.0 Å². The molecule has 11 nitrogen and oxygen atoms in total. The standard InChI is InChI=1S/C53H62O11/c1-59-22-8-16-47-49(53(60-23-9-21-54)45-30-48(63-39-12-3-2-4-13-39)43-28-37(57)18-20-42(43)52(45)64-47)46-31-61-51-34(27-40(29-44(51)50(46)58)62-38-14-5-6-15-38)24-33-26-36(56)17-19-41(33)32-10-7-11-35(55)25-32/h7,10-11,17-20,25-30,38-39,46-47,49-50,53-58H,2-6,8-9,12-16,21-24,31H2,1H3. The van der Waals surface area contributed by atoms with Crippen LogP contribution in [0, 0.1) is 11.8 Å². The van der Waals surface area contributed by atoms with Gasteiger partial charge in [-0.25, -0.2) is 0 Å². The van der Waals surface area contributed by atoms with Crippen LogP contribution in [0.2, 0.25) is 0 Å². The molecule has 5 unspecified atom stereocenters. The fourth-order valence-corrected chi connectivity index (χ4v) is 10.7. The summed E-state index contributed by atoms with van der Waals surface area (Å²) < 4.78 is 39.9. The van der Waals surface area contributed by atoms with E-state index in [0.29, 0.717) is 60.9 Å². The third kappa shape index (κ3) is 9.45. The SMILES string of the molecule is COCCCC1Oc2c(cc(OC3CCCCC3)c3cc(O)ccc23)C(OCCCO)C1C1COc2c(Cc3cc(O)ccc3-c3cccc(O)c3)cc(OC3CCCC3)cc2C1O. The van der Waals surface area contributed by atoms with Gasteiger partial charge in [0, 0.05) is 72.6 Å². The molecule has 11 heteroatoms. The average Bonchev–Trinajstić information content (AvgIpc) is 3.81. The fourth-order valence-electron chi connectivity index (χ4n) is 10.7. The van der Waals surface area contributed by atoms with Crippen LogP contribution in [0.15, 0.2) is 78.9 Å². The van der Waals surface area contributed by atoms with E-state index < -0.39 is 30.1 Å². The van der Waals surface area contributed by atoms with E-state index in [-0.39, 0.29) is 49.3 Å². The van der Waals surface area contributed by atoms with Crippen molar-refractivity contribution in [1.82, 2.24) is 0 Å². The summed E-state index contributed by atoms with van der Waals surface area (Å²) in [5.41, 5.74) is 4.72. The van der Waals surface area contributed by atoms with E-state index in [9.17, 15) is 25.5 Å². The van der Waals surface area contributed by atoms with E-state index in [1.54, 1.807) is 49.6 Å². The molecular weight excluding hydrogens is 813 g/mol. The molecule has 0 bridgehead atoms. The van der Waals surface area contributed by atoms with Gasteiger partial charge < -0.3 is 54.0 Å². The number of methoxy groups -OCH3 is 1. The van der Waals surface area contributed by atoms with Gasteiger partial charge in [-0.1, -0.05) is 24.6 Å². The molecule has 2 saturated carbocycles. The number of aliphatic hydroxyl groups excluding tert-OH is 2. The molecule has 0 amide bonds. The second-order valence-electron chi connectivity index (χ2n) is 18.2. The molecule has 9 rings (SSSR count). The molecule has 5 N–H and O–H groups in total. The predicted octanol–water partition coefficient (Wildman–Crippen LogP) is 10.2. The zero-order chi connectivity index (χ0) is 44.2. The molecule has 0 aromatic heterocycles. The lowest BCUT2D eigenvalue weighted by atomic mass is 9.72. The topological polar surface area (TPSA) is 157 Å². The Morgan fingerprint density at radius 3 is 2.22 bits per heavy atom. The van der Waals surface area contributed by atoms with Crippen LogP contribution < -0.4 is 18.9 Å². The number of aliphatic hydroxyl groups is 2. The normalized spacial score (nSPS) is 22.4. The highest BCUT2D eigenvalue weighted by atomic mass is 16.5. The summed E-state index contributed by atoms with van der Waals surface area (Å²) in [4.78, 5) is 0. The Balaban J connectivity index is 1.14. The Hall–Kier alpha value is -5.20. The summed E-state index contributed by atoms with van der Waals surface area (Å²) in [6.45, 7) is 0.937. The van der Waals surface area contributed by atoms with Crippen molar-refractivity contribution in [1.29, 1.82) is 0 Å². The molecule has 0 saturated heterocycles. The van der Waals surface area contributed by atoms with Crippen molar-refractivity contribution in [2.45, 2.75) is 114 Å². The number of fused-ring (bicyclic) bond motifs is 4. The maximum Gasteiger partial charge on any atom is 0.133 e. The van der Waals surface area contributed by atoms with Crippen LogP contribution in [0.4, 0.5) is 0 Å². The van der Waals surface area contributed by atoms with E-state index in [1.165, 1.54) is 6.42 Å². The summed E-state index contributed by atoms with van der Waals surface area (Å²) in [5.74, 6) is 2.05. The lowest BCUT2D eigenvalue weighted by molar-refractivity contribution is -0.113. The molecule has 2 aliphatic heterocycles. The quantitative estimate of drug-likeness (QED) is 0.0602. The van der Waals surface area contributed by atoms with E-state index >= 15 is 0 Å². The average molecular weight is 875 g/mol. The molecular formula is C53H62O11. The van der Waals surface area contributed by atoms with Gasteiger partial charge in [-0.2, -0.15) is 0 Å². The molecule has 64 heavy (non-hydrogen) atoms. The number of ether oxygens (including phenoxy) is 6. The van der Waals surface area contributed by atoms with Crippen molar-refractivity contribution in [3.63, 3.8) is 0 Å². The summed E-state index contributed by atoms with van der Waals surface area (Å²) in [6, 6.07) is 23.6. The van der Waals surface area contributed by atoms with Gasteiger partial charge in [0.15, 0.2) is 0 Å². The van der Waals surface area contributed by atoms with Crippen LogP contribution in [-0.2, 0) is 15.9 Å². The van der Waals surface area contributed by atoms with Crippen molar-refractivity contribution in [3.05, 3.63) is 101 Å². The third-order valence-corrected chi connectivity index (χ3v) is 13.7. The number of phenolic OH excluding ortho intramolecular Hbond substituents is 3. The number of hydrogen-bond acceptors (Lipinski definition) is 11. The van der Waals surface area contributed by atoms with E-state index in [2.05, 4.69) is 0 Å². The molecule has 0 spiro atoms. The highest BCUT2D eigenvalue weighted by molar-refractivity contribution is 5.96. The van der Waals surface area contributed by atoms with Crippen LogP contribution in [-0.4, -0.2) is 77.4 Å². The Labute approximate surface area is 375 Å². The largest absolute Gasteiger partial charge is 0.508 e. The smallest absolute Gasteiger partial charge is 0.133 e. The molecule has 340 valence electrons. The minimum Gasteiger partial charge on any atom is -0.508 e. The first kappa shape index (κ1) is 44.0. The summed E-state index contributed by atoms with van der Waals surface area (Å²) in [5, 5.41) is 56.3. The van der Waals surface area contributed by atoms with Crippen LogP contribution in [0.3, 0.4) is 0 Å². The maximum absolute atomic E-state index is 12.9. The first-order chi connectivity index (χ1) is 31.3. The van der Waals surface area contributed by atoms with Crippen molar-refractivity contribution >= 4 is 10.8 Å². The summed E-state index contributed by atoms with van der Waals surface area (Å²) in [6.07, 6.45) is 9.60. The van der Waals surface area contributed by atoms with Crippen LogP contribution >= 0.6 is 0 Å². The molecule has 0 radical (unpaired) electrons. The van der Waals surface area contributed by atoms with Gasteiger partial charge in [-0.3, -0.25) is 0 Å². The Morgan fingerprint density at radius 2 is 1.44 bits per heavy atom. The molecule has 5 atom stereocenters. The molecule has 5 aromatic rings. The first-order valence-electron chi connectivity index (χ1n) is 23.4. The van der Waals surface area contributed by atoms with Crippen molar-refractivity contribution < 1.29 is 54.0 Å². The summed E-state index contributed by atoms with van der Waals surface area (Å²) in [7, 11) is 1.69. The van der Waals surface area contributed by atoms with Crippen LogP contribution in [0.1, 0.15) is 112 Å². The second-order valence-corrected chi connectivity index (χ2v) is 18.2.